The van der Waals surface area contributed by atoms with Gasteiger partial charge in [-0.15, -0.1) is 34.0 Å². The van der Waals surface area contributed by atoms with Crippen molar-refractivity contribution in [3.05, 3.63) is 48.3 Å². The first-order valence-corrected chi connectivity index (χ1v) is 10.0. The summed E-state index contributed by atoms with van der Waals surface area (Å²) in [5.41, 5.74) is 0.797. The largest absolute Gasteiger partial charge is 0.351 e. The number of carbonyl (C=O) groups excluding carboxylic acids is 1. The summed E-state index contributed by atoms with van der Waals surface area (Å²) in [6.45, 7) is 0.505. The zero-order chi connectivity index (χ0) is 15.5. The molecule has 3 aromatic heterocycles. The standard InChI is InChI=1S/C14H10BrClN2OS3/c15-8-3-11(20-6-8)14-18-9(7-21-14)4-13(19)17-5-10-1-2-12(16)22-10/h1-3,6-7H,4-5H2,(H,17,19). The first-order chi connectivity index (χ1) is 10.6. The average Bonchev–Trinajstić information content (AvgIpc) is 3.18. The molecule has 8 heteroatoms. The minimum atomic E-state index is -0.0336. The highest BCUT2D eigenvalue weighted by atomic mass is 79.9. The second kappa shape index (κ2) is 7.23. The lowest BCUT2D eigenvalue weighted by Gasteiger charge is -2.01. The van der Waals surface area contributed by atoms with Gasteiger partial charge in [-0.3, -0.25) is 4.79 Å². The van der Waals surface area contributed by atoms with Crippen LogP contribution < -0.4 is 5.32 Å². The van der Waals surface area contributed by atoms with Gasteiger partial charge in [0.2, 0.25) is 5.91 Å². The second-order valence-electron chi connectivity index (χ2n) is 4.43. The second-order valence-corrected chi connectivity index (χ2v) is 8.92. The Balaban J connectivity index is 1.56. The molecule has 0 fully saturated rings. The van der Waals surface area contributed by atoms with Crippen molar-refractivity contribution in [1.29, 1.82) is 0 Å². The molecule has 0 radical (unpaired) electrons. The zero-order valence-electron chi connectivity index (χ0n) is 11.1. The summed E-state index contributed by atoms with van der Waals surface area (Å²) in [6.07, 6.45) is 0.294. The van der Waals surface area contributed by atoms with E-state index >= 15 is 0 Å². The molecule has 0 aliphatic rings. The Bertz CT molecular complexity index is 795. The molecule has 1 amide bonds. The van der Waals surface area contributed by atoms with E-state index in [1.807, 2.05) is 29.0 Å². The monoisotopic (exact) mass is 432 g/mol. The molecule has 0 saturated carbocycles. The number of hydrogen-bond donors (Lipinski definition) is 1. The molecular weight excluding hydrogens is 424 g/mol. The van der Waals surface area contributed by atoms with Gasteiger partial charge in [0.25, 0.3) is 0 Å². The predicted molar refractivity (Wildman–Crippen MR) is 98.0 cm³/mol. The normalized spacial score (nSPS) is 10.8. The predicted octanol–water partition coefficient (Wildman–Crippen LogP) is 5.21. The number of aromatic nitrogens is 1. The van der Waals surface area contributed by atoms with Gasteiger partial charge in [0, 0.05) is 20.1 Å². The number of thiazole rings is 1. The van der Waals surface area contributed by atoms with Crippen molar-refractivity contribution < 1.29 is 4.79 Å². The van der Waals surface area contributed by atoms with Crippen LogP contribution in [-0.2, 0) is 17.8 Å². The highest BCUT2D eigenvalue weighted by Gasteiger charge is 2.10. The first kappa shape index (κ1) is 16.1. The van der Waals surface area contributed by atoms with Crippen LogP contribution in [0.1, 0.15) is 10.6 Å². The molecule has 0 aromatic carbocycles. The number of nitrogens with one attached hydrogen (secondary N) is 1. The fraction of sp³-hybridized carbons (Fsp3) is 0.143. The lowest BCUT2D eigenvalue weighted by molar-refractivity contribution is -0.120. The molecule has 3 heterocycles. The third kappa shape index (κ3) is 4.17. The van der Waals surface area contributed by atoms with Crippen LogP contribution in [0.25, 0.3) is 9.88 Å². The molecule has 22 heavy (non-hydrogen) atoms. The lowest BCUT2D eigenvalue weighted by atomic mass is 10.3. The third-order valence-electron chi connectivity index (χ3n) is 2.76. The molecule has 0 spiro atoms. The van der Waals surface area contributed by atoms with Gasteiger partial charge in [0.15, 0.2) is 0 Å². The Hall–Kier alpha value is -0.730. The summed E-state index contributed by atoms with van der Waals surface area (Å²) in [5.74, 6) is -0.0336. The Morgan fingerprint density at radius 2 is 2.18 bits per heavy atom. The first-order valence-electron chi connectivity index (χ1n) is 6.30. The summed E-state index contributed by atoms with van der Waals surface area (Å²) in [5, 5.41) is 7.79. The van der Waals surface area contributed by atoms with Gasteiger partial charge in [-0.1, -0.05) is 11.6 Å². The van der Waals surface area contributed by atoms with E-state index in [1.165, 1.54) is 11.3 Å². The van der Waals surface area contributed by atoms with Crippen LogP contribution in [-0.4, -0.2) is 10.9 Å². The summed E-state index contributed by atoms with van der Waals surface area (Å²) < 4.78 is 1.78. The quantitative estimate of drug-likeness (QED) is 0.600. The van der Waals surface area contributed by atoms with E-state index < -0.39 is 0 Å². The van der Waals surface area contributed by atoms with Crippen LogP contribution in [0, 0.1) is 0 Å². The Morgan fingerprint density at radius 3 is 2.86 bits per heavy atom. The summed E-state index contributed by atoms with van der Waals surface area (Å²) in [7, 11) is 0. The average molecular weight is 434 g/mol. The van der Waals surface area contributed by atoms with Gasteiger partial charge in [-0.2, -0.15) is 0 Å². The number of thiophene rings is 2. The van der Waals surface area contributed by atoms with Crippen molar-refractivity contribution in [3.8, 4) is 9.88 Å². The lowest BCUT2D eigenvalue weighted by Crippen LogP contribution is -2.24. The molecule has 0 aliphatic heterocycles. The number of hydrogen-bond acceptors (Lipinski definition) is 5. The smallest absolute Gasteiger partial charge is 0.226 e. The van der Waals surface area contributed by atoms with E-state index in [-0.39, 0.29) is 5.91 Å². The van der Waals surface area contributed by atoms with Crippen molar-refractivity contribution >= 4 is 67.4 Å². The van der Waals surface area contributed by atoms with E-state index in [0.29, 0.717) is 13.0 Å². The number of amides is 1. The van der Waals surface area contributed by atoms with E-state index in [2.05, 4.69) is 26.2 Å². The minimum absolute atomic E-state index is 0.0336. The molecule has 114 valence electrons. The van der Waals surface area contributed by atoms with Crippen molar-refractivity contribution in [1.82, 2.24) is 10.3 Å². The Labute approximate surface area is 153 Å². The SMILES string of the molecule is O=C(Cc1csc(-c2cc(Br)cs2)n1)NCc1ccc(Cl)s1. The summed E-state index contributed by atoms with van der Waals surface area (Å²) in [4.78, 5) is 18.6. The molecule has 3 nitrogen and oxygen atoms in total. The van der Waals surface area contributed by atoms with Crippen LogP contribution in [0.15, 0.2) is 33.4 Å². The molecule has 0 aliphatic carbocycles. The molecular formula is C14H10BrClN2OS3. The van der Waals surface area contributed by atoms with Gasteiger partial charge in [-0.25, -0.2) is 4.98 Å². The van der Waals surface area contributed by atoms with Crippen LogP contribution in [0.4, 0.5) is 0 Å². The van der Waals surface area contributed by atoms with E-state index in [1.54, 1.807) is 22.7 Å². The maximum atomic E-state index is 12.0. The summed E-state index contributed by atoms with van der Waals surface area (Å²) >= 11 is 14.0. The number of halogens is 2. The molecule has 0 unspecified atom stereocenters. The zero-order valence-corrected chi connectivity index (χ0v) is 15.9. The van der Waals surface area contributed by atoms with Crippen molar-refractivity contribution in [2.75, 3.05) is 0 Å². The molecule has 3 rings (SSSR count). The minimum Gasteiger partial charge on any atom is -0.351 e. The molecule has 3 aromatic rings. The Kier molecular flexibility index (Phi) is 5.30. The van der Waals surface area contributed by atoms with Gasteiger partial charge in [0.1, 0.15) is 5.01 Å². The molecule has 1 N–H and O–H groups in total. The Morgan fingerprint density at radius 1 is 1.32 bits per heavy atom. The van der Waals surface area contributed by atoms with Gasteiger partial charge in [-0.05, 0) is 34.1 Å². The molecule has 0 bridgehead atoms. The topological polar surface area (TPSA) is 42.0 Å². The van der Waals surface area contributed by atoms with Crippen molar-refractivity contribution in [2.24, 2.45) is 0 Å². The summed E-state index contributed by atoms with van der Waals surface area (Å²) in [6, 6.07) is 5.79. The highest BCUT2D eigenvalue weighted by molar-refractivity contribution is 9.10. The highest BCUT2D eigenvalue weighted by Crippen LogP contribution is 2.32. The van der Waals surface area contributed by atoms with Crippen LogP contribution in [0.3, 0.4) is 0 Å². The van der Waals surface area contributed by atoms with Crippen molar-refractivity contribution in [3.63, 3.8) is 0 Å². The van der Waals surface area contributed by atoms with Gasteiger partial charge in [0.05, 0.1) is 27.9 Å². The van der Waals surface area contributed by atoms with E-state index in [4.69, 9.17) is 11.6 Å². The van der Waals surface area contributed by atoms with Gasteiger partial charge >= 0.3 is 0 Å². The number of carbonyl (C=O) groups is 1. The third-order valence-corrected chi connectivity index (χ3v) is 6.74. The van der Waals surface area contributed by atoms with E-state index in [0.717, 1.165) is 29.3 Å². The van der Waals surface area contributed by atoms with Crippen LogP contribution in [0.5, 0.6) is 0 Å². The van der Waals surface area contributed by atoms with Crippen molar-refractivity contribution in [2.45, 2.75) is 13.0 Å². The van der Waals surface area contributed by atoms with E-state index in [9.17, 15) is 4.79 Å². The fourth-order valence-corrected chi connectivity index (χ4v) is 5.14. The number of rotatable bonds is 5. The van der Waals surface area contributed by atoms with Gasteiger partial charge < -0.3 is 5.32 Å². The van der Waals surface area contributed by atoms with Crippen LogP contribution in [0.2, 0.25) is 4.34 Å². The molecule has 0 saturated heterocycles. The maximum absolute atomic E-state index is 12.0. The fourth-order valence-electron chi connectivity index (χ4n) is 1.79. The van der Waals surface area contributed by atoms with Crippen LogP contribution >= 0.6 is 61.5 Å². The maximum Gasteiger partial charge on any atom is 0.226 e. The molecule has 0 atom stereocenters. The number of nitrogens with zero attached hydrogens (tertiary/aromatic N) is 1.